The second-order valence-corrected chi connectivity index (χ2v) is 5.43. The number of aromatic nitrogens is 2. The number of nitrogens with zero attached hydrogens (tertiary/aromatic N) is 1. The summed E-state index contributed by atoms with van der Waals surface area (Å²) in [6, 6.07) is 13.8. The second-order valence-electron chi connectivity index (χ2n) is 4.46. The molecule has 0 fully saturated rings. The molecule has 5 heteroatoms. The van der Waals surface area contributed by atoms with Crippen LogP contribution in [-0.2, 0) is 5.75 Å². The molecule has 0 unspecified atom stereocenters. The van der Waals surface area contributed by atoms with Gasteiger partial charge in [-0.1, -0.05) is 23.9 Å². The lowest BCUT2D eigenvalue weighted by Gasteiger charge is -2.05. The van der Waals surface area contributed by atoms with Crippen LogP contribution >= 0.6 is 11.8 Å². The zero-order valence-corrected chi connectivity index (χ0v) is 11.9. The first-order chi connectivity index (χ1) is 9.74. The van der Waals surface area contributed by atoms with Gasteiger partial charge in [-0.05, 0) is 29.8 Å². The van der Waals surface area contributed by atoms with Crippen LogP contribution in [0.15, 0.2) is 47.6 Å². The molecule has 0 aliphatic rings. The Morgan fingerprint density at radius 1 is 1.25 bits per heavy atom. The standard InChI is InChI=1S/C15H15N3OS/c1-19-12-7-10(6-11(16)8-12)9-20-15-17-13-4-2-3-5-14(13)18-15/h2-8H,9,16H2,1H3,(H,17,18). The van der Waals surface area contributed by atoms with E-state index in [0.29, 0.717) is 5.69 Å². The van der Waals surface area contributed by atoms with E-state index in [-0.39, 0.29) is 0 Å². The van der Waals surface area contributed by atoms with Gasteiger partial charge in [-0.3, -0.25) is 0 Å². The molecule has 2 aromatic carbocycles. The average Bonchev–Trinajstić information content (AvgIpc) is 2.87. The van der Waals surface area contributed by atoms with Gasteiger partial charge in [-0.25, -0.2) is 4.98 Å². The maximum Gasteiger partial charge on any atom is 0.166 e. The summed E-state index contributed by atoms with van der Waals surface area (Å²) in [4.78, 5) is 7.84. The highest BCUT2D eigenvalue weighted by atomic mass is 32.2. The predicted molar refractivity (Wildman–Crippen MR) is 83.1 cm³/mol. The van der Waals surface area contributed by atoms with Gasteiger partial charge in [0.1, 0.15) is 5.75 Å². The molecule has 4 nitrogen and oxygen atoms in total. The highest BCUT2D eigenvalue weighted by Gasteiger charge is 2.05. The van der Waals surface area contributed by atoms with Gasteiger partial charge in [-0.15, -0.1) is 0 Å². The topological polar surface area (TPSA) is 63.9 Å². The van der Waals surface area contributed by atoms with Crippen molar-refractivity contribution in [1.29, 1.82) is 0 Å². The van der Waals surface area contributed by atoms with Gasteiger partial charge in [0.25, 0.3) is 0 Å². The summed E-state index contributed by atoms with van der Waals surface area (Å²) in [6.07, 6.45) is 0. The van der Waals surface area contributed by atoms with Gasteiger partial charge in [0.05, 0.1) is 18.1 Å². The monoisotopic (exact) mass is 285 g/mol. The number of imidazole rings is 1. The molecule has 0 aliphatic carbocycles. The first-order valence-corrected chi connectivity index (χ1v) is 7.24. The van der Waals surface area contributed by atoms with E-state index in [1.807, 2.05) is 42.5 Å². The summed E-state index contributed by atoms with van der Waals surface area (Å²) in [6.45, 7) is 0. The Balaban J connectivity index is 1.77. The summed E-state index contributed by atoms with van der Waals surface area (Å²) in [5.41, 5.74) is 9.72. The van der Waals surface area contributed by atoms with Crippen molar-refractivity contribution in [1.82, 2.24) is 9.97 Å². The number of thioether (sulfide) groups is 1. The minimum Gasteiger partial charge on any atom is -0.497 e. The summed E-state index contributed by atoms with van der Waals surface area (Å²) >= 11 is 1.65. The van der Waals surface area contributed by atoms with Gasteiger partial charge < -0.3 is 15.5 Å². The van der Waals surface area contributed by atoms with Crippen molar-refractivity contribution in [2.24, 2.45) is 0 Å². The van der Waals surface area contributed by atoms with Gasteiger partial charge in [0, 0.05) is 17.5 Å². The molecular weight excluding hydrogens is 270 g/mol. The van der Waals surface area contributed by atoms with Crippen molar-refractivity contribution in [3.63, 3.8) is 0 Å². The molecule has 3 N–H and O–H groups in total. The number of hydrogen-bond donors (Lipinski definition) is 2. The van der Waals surface area contributed by atoms with E-state index in [9.17, 15) is 0 Å². The van der Waals surface area contributed by atoms with Crippen LogP contribution in [0.2, 0.25) is 0 Å². The third-order valence-corrected chi connectivity index (χ3v) is 3.91. The van der Waals surface area contributed by atoms with E-state index >= 15 is 0 Å². The van der Waals surface area contributed by atoms with Crippen LogP contribution in [0.25, 0.3) is 11.0 Å². The third kappa shape index (κ3) is 2.72. The minimum atomic E-state index is 0.713. The molecule has 0 saturated carbocycles. The molecule has 0 radical (unpaired) electrons. The second kappa shape index (κ2) is 5.46. The Morgan fingerprint density at radius 2 is 2.10 bits per heavy atom. The predicted octanol–water partition coefficient (Wildman–Crippen LogP) is 3.45. The number of benzene rings is 2. The van der Waals surface area contributed by atoms with E-state index in [0.717, 1.165) is 33.3 Å². The van der Waals surface area contributed by atoms with Gasteiger partial charge in [0.15, 0.2) is 5.16 Å². The van der Waals surface area contributed by atoms with Gasteiger partial charge in [0.2, 0.25) is 0 Å². The van der Waals surface area contributed by atoms with Crippen molar-refractivity contribution < 1.29 is 4.74 Å². The molecule has 0 aliphatic heterocycles. The zero-order chi connectivity index (χ0) is 13.9. The number of nitrogen functional groups attached to an aromatic ring is 1. The maximum absolute atomic E-state index is 5.85. The van der Waals surface area contributed by atoms with Crippen LogP contribution in [0, 0.1) is 0 Å². The van der Waals surface area contributed by atoms with E-state index in [2.05, 4.69) is 9.97 Å². The Labute approximate surface area is 121 Å². The fraction of sp³-hybridized carbons (Fsp3) is 0.133. The van der Waals surface area contributed by atoms with Crippen molar-refractivity contribution in [2.45, 2.75) is 10.9 Å². The number of aromatic amines is 1. The van der Waals surface area contributed by atoms with Crippen LogP contribution in [0.5, 0.6) is 5.75 Å². The minimum absolute atomic E-state index is 0.713. The molecule has 1 heterocycles. The molecule has 0 spiro atoms. The van der Waals surface area contributed by atoms with E-state index in [1.54, 1.807) is 18.9 Å². The average molecular weight is 285 g/mol. The SMILES string of the molecule is COc1cc(N)cc(CSc2nc3ccccc3[nH]2)c1. The van der Waals surface area contributed by atoms with Crippen LogP contribution in [0.4, 0.5) is 5.69 Å². The molecular formula is C15H15N3OS. The number of rotatable bonds is 4. The number of nitrogens with one attached hydrogen (secondary N) is 1. The molecule has 0 bridgehead atoms. The number of nitrogens with two attached hydrogens (primary N) is 1. The molecule has 1 aromatic heterocycles. The number of fused-ring (bicyclic) bond motifs is 1. The number of para-hydroxylation sites is 2. The van der Waals surface area contributed by atoms with Gasteiger partial charge >= 0.3 is 0 Å². The molecule has 0 amide bonds. The van der Waals surface area contributed by atoms with Gasteiger partial charge in [-0.2, -0.15) is 0 Å². The number of ether oxygens (including phenoxy) is 1. The van der Waals surface area contributed by atoms with Crippen molar-refractivity contribution >= 4 is 28.5 Å². The lowest BCUT2D eigenvalue weighted by molar-refractivity contribution is 0.414. The molecule has 0 saturated heterocycles. The fourth-order valence-electron chi connectivity index (χ4n) is 2.04. The zero-order valence-electron chi connectivity index (χ0n) is 11.1. The summed E-state index contributed by atoms with van der Waals surface area (Å²) in [5.74, 6) is 1.58. The molecule has 0 atom stereocenters. The Kier molecular flexibility index (Phi) is 3.52. The van der Waals surface area contributed by atoms with E-state index in [1.165, 1.54) is 0 Å². The van der Waals surface area contributed by atoms with Crippen LogP contribution in [0.3, 0.4) is 0 Å². The van der Waals surface area contributed by atoms with Crippen molar-refractivity contribution in [3.05, 3.63) is 48.0 Å². The maximum atomic E-state index is 5.85. The first-order valence-electron chi connectivity index (χ1n) is 6.25. The van der Waals surface area contributed by atoms with E-state index in [4.69, 9.17) is 10.5 Å². The largest absolute Gasteiger partial charge is 0.497 e. The normalized spacial score (nSPS) is 10.8. The third-order valence-electron chi connectivity index (χ3n) is 2.97. The lowest BCUT2D eigenvalue weighted by atomic mass is 10.2. The highest BCUT2D eigenvalue weighted by Crippen LogP contribution is 2.26. The number of anilines is 1. The first kappa shape index (κ1) is 12.9. The summed E-state index contributed by atoms with van der Waals surface area (Å²) in [7, 11) is 1.64. The molecule has 3 aromatic rings. The Bertz CT molecular complexity index is 706. The van der Waals surface area contributed by atoms with Crippen LogP contribution in [-0.4, -0.2) is 17.1 Å². The number of hydrogen-bond acceptors (Lipinski definition) is 4. The van der Waals surface area contributed by atoms with Crippen LogP contribution < -0.4 is 10.5 Å². The quantitative estimate of drug-likeness (QED) is 0.569. The molecule has 102 valence electrons. The summed E-state index contributed by atoms with van der Waals surface area (Å²) in [5, 5.41) is 0.910. The smallest absolute Gasteiger partial charge is 0.166 e. The van der Waals surface area contributed by atoms with Crippen LogP contribution in [0.1, 0.15) is 5.56 Å². The Morgan fingerprint density at radius 3 is 2.90 bits per heavy atom. The van der Waals surface area contributed by atoms with E-state index < -0.39 is 0 Å². The molecule has 3 rings (SSSR count). The molecule has 20 heavy (non-hydrogen) atoms. The summed E-state index contributed by atoms with van der Waals surface area (Å²) < 4.78 is 5.22. The van der Waals surface area contributed by atoms with Crippen molar-refractivity contribution in [3.8, 4) is 5.75 Å². The fourth-order valence-corrected chi connectivity index (χ4v) is 2.85. The van der Waals surface area contributed by atoms with Crippen molar-refractivity contribution in [2.75, 3.05) is 12.8 Å². The number of methoxy groups -OCH3 is 1. The number of H-pyrrole nitrogens is 1. The highest BCUT2D eigenvalue weighted by molar-refractivity contribution is 7.98. The Hall–Kier alpha value is -2.14. The lowest BCUT2D eigenvalue weighted by Crippen LogP contribution is -1.91.